The molecule has 0 aromatic rings. The van der Waals surface area contributed by atoms with Gasteiger partial charge in [0.1, 0.15) is 0 Å². The van der Waals surface area contributed by atoms with E-state index in [2.05, 4.69) is 25.3 Å². The van der Waals surface area contributed by atoms with E-state index in [1.54, 1.807) is 0 Å². The molecular weight excluding hydrogens is 429 g/mol. The summed E-state index contributed by atoms with van der Waals surface area (Å²) < 4.78 is 0. The molecule has 0 rings (SSSR count). The standard InChI is InChI=1S/2C3H7NO2S.Hg/c2*4-2(1-7)3(5)6;/h2*2,7H,1,4H2,(H,5,6);/q;;+2/p-2. The van der Waals surface area contributed by atoms with Crippen molar-refractivity contribution in [1.82, 2.24) is 0 Å². The fraction of sp³-hybridized carbons (Fsp3) is 0.667. The van der Waals surface area contributed by atoms with Crippen molar-refractivity contribution < 1.29 is 50.3 Å². The Morgan fingerprint density at radius 1 is 1.07 bits per heavy atom. The number of hydrogen-bond donors (Lipinski definition) is 2. The number of hydrogen-bond acceptors (Lipinski definition) is 8. The Balaban J connectivity index is -0.0000000480. The zero-order valence-electron chi connectivity index (χ0n) is 9.88. The molecule has 0 spiro atoms. The monoisotopic (exact) mass is 442 g/mol. The van der Waals surface area contributed by atoms with Crippen molar-refractivity contribution in [3.63, 3.8) is 0 Å². The van der Waals surface area contributed by atoms with Crippen LogP contribution < -0.4 is 21.7 Å². The van der Waals surface area contributed by atoms with Gasteiger partial charge in [-0.3, -0.25) is 0 Å². The summed E-state index contributed by atoms with van der Waals surface area (Å²) in [5.74, 6) is -2.53. The van der Waals surface area contributed by atoms with Crippen molar-refractivity contribution in [2.45, 2.75) is 12.1 Å². The van der Waals surface area contributed by atoms with Crippen LogP contribution in [0.2, 0.25) is 0 Å². The van der Waals surface area contributed by atoms with Crippen molar-refractivity contribution in [2.24, 2.45) is 11.5 Å². The molecule has 6 nitrogen and oxygen atoms in total. The molecule has 84 valence electrons. The fourth-order valence-corrected chi connectivity index (χ4v) is 0.408. The molecule has 0 aromatic carbocycles. The molecule has 0 heterocycles. The van der Waals surface area contributed by atoms with Gasteiger partial charge in [0.15, 0.2) is 0 Å². The number of rotatable bonds is 4. The summed E-state index contributed by atoms with van der Waals surface area (Å²) in [5.41, 5.74) is 9.70. The second-order valence-electron chi connectivity index (χ2n) is 2.18. The van der Waals surface area contributed by atoms with Crippen LogP contribution in [0.3, 0.4) is 0 Å². The van der Waals surface area contributed by atoms with Gasteiger partial charge in [-0.05, 0) is 0 Å². The Labute approximate surface area is 122 Å². The van der Waals surface area contributed by atoms with Gasteiger partial charge in [-0.2, -0.15) is 11.5 Å². The van der Waals surface area contributed by atoms with Crippen LogP contribution in [0.5, 0.6) is 0 Å². The first kappa shape index (κ1) is 20.9. The molecule has 0 saturated heterocycles. The van der Waals surface area contributed by atoms with E-state index in [0.717, 1.165) is 0 Å². The summed E-state index contributed by atoms with van der Waals surface area (Å²) in [5, 5.41) is 19.3. The van der Waals surface area contributed by atoms with Crippen molar-refractivity contribution >= 4 is 37.2 Å². The van der Waals surface area contributed by atoms with Crippen LogP contribution in [-0.4, -0.2) is 35.5 Å². The molecule has 9 heteroatoms. The predicted octanol–water partition coefficient (Wildman–Crippen LogP) is -4.56. The van der Waals surface area contributed by atoms with Crippen LogP contribution in [0.1, 0.15) is 2.85 Å². The largest absolute Gasteiger partial charge is 2.00 e. The number of carboxylic acid groups (broad SMARTS) is 2. The molecule has 0 saturated carbocycles. The maximum Gasteiger partial charge on any atom is 2.00 e. The second-order valence-corrected chi connectivity index (χ2v) is 2.85. The Morgan fingerprint density at radius 3 is 1.27 bits per heavy atom. The number of carbonyl (C=O) groups is 2. The first-order valence-electron chi connectivity index (χ1n) is 3.45. The molecule has 0 aromatic heterocycles. The van der Waals surface area contributed by atoms with Gasteiger partial charge in [-0.25, -0.2) is 0 Å². The SMILES string of the molecule is NC(C[S-])C(=O)[O-].NC(C[S-])C(=O)[O-].[H+].[H+].[Hg+2]. The number of nitrogens with two attached hydrogens (primary N) is 2. The summed E-state index contributed by atoms with van der Waals surface area (Å²) in [4.78, 5) is 19.3. The first-order valence-corrected chi connectivity index (χ1v) is 4.61. The minimum absolute atomic E-state index is 0. The van der Waals surface area contributed by atoms with Crippen LogP contribution in [0, 0.1) is 0 Å². The molecule has 0 fully saturated rings. The van der Waals surface area contributed by atoms with Crippen molar-refractivity contribution in [1.29, 1.82) is 0 Å². The second kappa shape index (κ2) is 12.6. The normalized spacial score (nSPS) is 12.5. The van der Waals surface area contributed by atoms with E-state index in [-0.39, 0.29) is 42.0 Å². The van der Waals surface area contributed by atoms with Gasteiger partial charge < -0.3 is 56.5 Å². The van der Waals surface area contributed by atoms with Gasteiger partial charge >= 0.3 is 30.5 Å². The van der Waals surface area contributed by atoms with Gasteiger partial charge in [0, 0.05) is 12.1 Å². The van der Waals surface area contributed by atoms with E-state index < -0.39 is 24.0 Å². The molecule has 2 atom stereocenters. The third-order valence-corrected chi connectivity index (χ3v) is 1.68. The Hall–Kier alpha value is 0.495. The van der Waals surface area contributed by atoms with Crippen LogP contribution in [-0.2, 0) is 62.5 Å². The fourth-order valence-electron chi connectivity index (χ4n) is 0.136. The number of carboxylic acids is 2. The molecule has 15 heavy (non-hydrogen) atoms. The molecule has 0 aliphatic carbocycles. The maximum absolute atomic E-state index is 9.63. The van der Waals surface area contributed by atoms with Crippen molar-refractivity contribution in [2.75, 3.05) is 11.5 Å². The molecule has 0 radical (unpaired) electrons. The maximum atomic E-state index is 9.63. The van der Waals surface area contributed by atoms with Gasteiger partial charge in [0.05, 0.1) is 11.9 Å². The zero-order valence-corrected chi connectivity index (χ0v) is 15.0. The summed E-state index contributed by atoms with van der Waals surface area (Å²) >= 11 is 8.61. The third-order valence-electron chi connectivity index (χ3n) is 0.965. The van der Waals surface area contributed by atoms with Gasteiger partial charge in [0.2, 0.25) is 0 Å². The number of carbonyl (C=O) groups excluding carboxylic acids is 2. The summed E-state index contributed by atoms with van der Waals surface area (Å²) in [6, 6.07) is -1.95. The van der Waals surface area contributed by atoms with Crippen LogP contribution in [0.4, 0.5) is 0 Å². The quantitative estimate of drug-likeness (QED) is 0.330. The third kappa shape index (κ3) is 14.5. The summed E-state index contributed by atoms with van der Waals surface area (Å²) in [6.07, 6.45) is 0. The molecule has 2 unspecified atom stereocenters. The van der Waals surface area contributed by atoms with Crippen LogP contribution in [0.15, 0.2) is 0 Å². The van der Waals surface area contributed by atoms with Gasteiger partial charge in [-0.1, -0.05) is 0 Å². The molecule has 0 aliphatic heterocycles. The summed E-state index contributed by atoms with van der Waals surface area (Å²) in [7, 11) is 0. The van der Waals surface area contributed by atoms with E-state index in [4.69, 9.17) is 11.5 Å². The summed E-state index contributed by atoms with van der Waals surface area (Å²) in [6.45, 7) is 0. The van der Waals surface area contributed by atoms with E-state index in [9.17, 15) is 19.8 Å². The first-order chi connectivity index (χ1) is 6.36. The number of aliphatic carboxylic acids is 2. The topological polar surface area (TPSA) is 132 Å². The molecule has 4 N–H and O–H groups in total. The van der Waals surface area contributed by atoms with Gasteiger partial charge in [-0.15, -0.1) is 0 Å². The smallest absolute Gasteiger partial charge is 0.791 e. The Kier molecular flexibility index (Phi) is 17.5. The van der Waals surface area contributed by atoms with Crippen molar-refractivity contribution in [3.05, 3.63) is 0 Å². The Bertz CT molecular complexity index is 185. The average Bonchev–Trinajstić information content (AvgIpc) is 2.15. The van der Waals surface area contributed by atoms with E-state index in [0.29, 0.717) is 0 Å². The molecule has 0 aliphatic rings. The van der Waals surface area contributed by atoms with Crippen LogP contribution in [0.25, 0.3) is 0 Å². The molecule has 0 amide bonds. The van der Waals surface area contributed by atoms with Crippen molar-refractivity contribution in [3.8, 4) is 0 Å². The predicted molar refractivity (Wildman–Crippen MR) is 52.7 cm³/mol. The molecule has 0 bridgehead atoms. The Morgan fingerprint density at radius 2 is 1.27 bits per heavy atom. The van der Waals surface area contributed by atoms with Crippen LogP contribution >= 0.6 is 0 Å². The minimum atomic E-state index is -1.28. The van der Waals surface area contributed by atoms with Gasteiger partial charge in [0.25, 0.3) is 0 Å². The average molecular weight is 441 g/mol. The van der Waals surface area contributed by atoms with E-state index >= 15 is 0 Å². The zero-order chi connectivity index (χ0) is 11.7. The van der Waals surface area contributed by atoms with E-state index in [1.165, 1.54) is 0 Å². The molecular formula is C6H12HgN2O4S2. The van der Waals surface area contributed by atoms with E-state index in [1.807, 2.05) is 0 Å². The minimum Gasteiger partial charge on any atom is -0.791 e.